The lowest BCUT2D eigenvalue weighted by Gasteiger charge is -2.15. The number of carbonyl (C=O) groups is 1. The van der Waals surface area contributed by atoms with Crippen LogP contribution in [-0.2, 0) is 4.79 Å². The van der Waals surface area contributed by atoms with E-state index in [0.717, 1.165) is 13.1 Å². The molecule has 0 radical (unpaired) electrons. The van der Waals surface area contributed by atoms with Gasteiger partial charge in [0.2, 0.25) is 6.41 Å². The zero-order chi connectivity index (χ0) is 22.3. The number of nitrogens with one attached hydrogen (secondary N) is 2. The second-order valence-electron chi connectivity index (χ2n) is 8.67. The van der Waals surface area contributed by atoms with Gasteiger partial charge in [-0.1, -0.05) is 11.6 Å². The molecule has 2 N–H and O–H groups in total. The molecule has 7 nitrogen and oxygen atoms in total. The van der Waals surface area contributed by atoms with Gasteiger partial charge in [0.1, 0.15) is 23.7 Å². The number of hydrogen-bond donors (Lipinski definition) is 2. The van der Waals surface area contributed by atoms with Gasteiger partial charge in [-0.3, -0.25) is 4.79 Å². The maximum atomic E-state index is 13.5. The number of likely N-dealkylation sites (tertiary alicyclic amines) is 1. The highest BCUT2D eigenvalue weighted by Gasteiger charge is 2.56. The zero-order valence-electron chi connectivity index (χ0n) is 17.6. The van der Waals surface area contributed by atoms with Crippen molar-refractivity contribution in [3.8, 4) is 5.75 Å². The second-order valence-corrected chi connectivity index (χ2v) is 9.07. The lowest BCUT2D eigenvalue weighted by atomic mass is 10.0. The van der Waals surface area contributed by atoms with Gasteiger partial charge in [-0.2, -0.15) is 0 Å². The van der Waals surface area contributed by atoms with Crippen molar-refractivity contribution in [1.82, 2.24) is 14.9 Å². The first-order valence-corrected chi connectivity index (χ1v) is 10.9. The normalized spacial score (nSPS) is 22.3. The maximum Gasteiger partial charge on any atom is 0.211 e. The Balaban J connectivity index is 1.40. The fourth-order valence-corrected chi connectivity index (χ4v) is 4.84. The van der Waals surface area contributed by atoms with Crippen LogP contribution in [0.5, 0.6) is 5.75 Å². The first kappa shape index (κ1) is 20.9. The largest absolute Gasteiger partial charge is 0.491 e. The Morgan fingerprint density at radius 3 is 2.97 bits per heavy atom. The van der Waals surface area contributed by atoms with Gasteiger partial charge >= 0.3 is 0 Å². The molecular formula is C23H23ClFN5O2. The molecule has 166 valence electrons. The molecule has 1 saturated carbocycles. The molecule has 9 heteroatoms. The fourth-order valence-electron chi connectivity index (χ4n) is 4.66. The van der Waals surface area contributed by atoms with Crippen LogP contribution < -0.4 is 15.4 Å². The Hall–Kier alpha value is -2.97. The lowest BCUT2D eigenvalue weighted by Crippen LogP contribution is -2.17. The van der Waals surface area contributed by atoms with Crippen LogP contribution in [0.15, 0.2) is 36.7 Å². The third-order valence-corrected chi connectivity index (χ3v) is 6.80. The van der Waals surface area contributed by atoms with Gasteiger partial charge in [-0.05, 0) is 56.1 Å². The van der Waals surface area contributed by atoms with Gasteiger partial charge in [0, 0.05) is 29.6 Å². The van der Waals surface area contributed by atoms with Crippen molar-refractivity contribution in [3.63, 3.8) is 0 Å². The molecule has 1 aliphatic carbocycles. The first-order chi connectivity index (χ1) is 15.5. The number of carbonyl (C=O) groups excluding carboxylic acids is 1. The summed E-state index contributed by atoms with van der Waals surface area (Å²) in [6, 6.07) is 7.92. The minimum Gasteiger partial charge on any atom is -0.491 e. The van der Waals surface area contributed by atoms with Crippen LogP contribution in [0.3, 0.4) is 0 Å². The average Bonchev–Trinajstić information content (AvgIpc) is 3.31. The summed E-state index contributed by atoms with van der Waals surface area (Å²) in [5.41, 5.74) is 2.18. The van der Waals surface area contributed by atoms with Crippen molar-refractivity contribution in [3.05, 3.63) is 47.5 Å². The van der Waals surface area contributed by atoms with Crippen molar-refractivity contribution in [2.75, 3.05) is 37.4 Å². The Morgan fingerprint density at radius 2 is 2.22 bits per heavy atom. The van der Waals surface area contributed by atoms with Gasteiger partial charge in [0.05, 0.1) is 22.8 Å². The molecule has 2 aliphatic rings. The van der Waals surface area contributed by atoms with E-state index in [0.29, 0.717) is 58.2 Å². The van der Waals surface area contributed by atoms with Gasteiger partial charge in [0.25, 0.3) is 0 Å². The maximum absolute atomic E-state index is 13.5. The Labute approximate surface area is 189 Å². The molecule has 5 rings (SSSR count). The standard InChI is InChI=1S/C23H23ClFN5O2/c1-30-5-4-23(11-30)9-14(23)10-32-21-8-19-16(7-20(21)28-13-31)22(27-12-26-19)29-15-2-3-18(25)17(24)6-15/h2-3,6-8,12-14H,4-5,9-11H2,1H3,(H,28,31)(H,26,27,29). The summed E-state index contributed by atoms with van der Waals surface area (Å²) in [7, 11) is 2.16. The van der Waals surface area contributed by atoms with E-state index in [2.05, 4.69) is 32.5 Å². The molecule has 0 bridgehead atoms. The number of anilines is 3. The highest BCUT2D eigenvalue weighted by atomic mass is 35.5. The van der Waals surface area contributed by atoms with E-state index in [1.165, 1.54) is 31.3 Å². The highest BCUT2D eigenvalue weighted by Crippen LogP contribution is 2.58. The van der Waals surface area contributed by atoms with Gasteiger partial charge in [-0.15, -0.1) is 0 Å². The van der Waals surface area contributed by atoms with Crippen LogP contribution in [0.2, 0.25) is 5.02 Å². The van der Waals surface area contributed by atoms with E-state index < -0.39 is 5.82 Å². The molecule has 1 aromatic heterocycles. The monoisotopic (exact) mass is 455 g/mol. The van der Waals surface area contributed by atoms with Crippen molar-refractivity contribution in [2.45, 2.75) is 12.8 Å². The predicted molar refractivity (Wildman–Crippen MR) is 122 cm³/mol. The summed E-state index contributed by atoms with van der Waals surface area (Å²) >= 11 is 5.89. The van der Waals surface area contributed by atoms with Crippen molar-refractivity contribution < 1.29 is 13.9 Å². The number of benzene rings is 2. The molecule has 2 fully saturated rings. The molecule has 2 atom stereocenters. The molecule has 2 unspecified atom stereocenters. The van der Waals surface area contributed by atoms with Crippen molar-refractivity contribution in [1.29, 1.82) is 0 Å². The van der Waals surface area contributed by atoms with E-state index in [4.69, 9.17) is 16.3 Å². The smallest absolute Gasteiger partial charge is 0.211 e. The van der Waals surface area contributed by atoms with Gasteiger partial charge < -0.3 is 20.3 Å². The van der Waals surface area contributed by atoms with E-state index in [1.54, 1.807) is 12.1 Å². The molecule has 32 heavy (non-hydrogen) atoms. The number of hydrogen-bond acceptors (Lipinski definition) is 6. The minimum atomic E-state index is -0.495. The summed E-state index contributed by atoms with van der Waals surface area (Å²) in [6.45, 7) is 2.86. The minimum absolute atomic E-state index is 0.0127. The summed E-state index contributed by atoms with van der Waals surface area (Å²) < 4.78 is 19.6. The Morgan fingerprint density at radius 1 is 1.34 bits per heavy atom. The van der Waals surface area contributed by atoms with Crippen LogP contribution in [0.25, 0.3) is 10.9 Å². The van der Waals surface area contributed by atoms with Gasteiger partial charge in [0.15, 0.2) is 0 Å². The van der Waals surface area contributed by atoms with E-state index in [1.807, 2.05) is 6.07 Å². The molecule has 2 aromatic carbocycles. The van der Waals surface area contributed by atoms with Crippen LogP contribution in [0.1, 0.15) is 12.8 Å². The lowest BCUT2D eigenvalue weighted by molar-refractivity contribution is -0.105. The summed E-state index contributed by atoms with van der Waals surface area (Å²) in [5.74, 6) is 1.12. The number of rotatable bonds is 7. The van der Waals surface area contributed by atoms with Crippen LogP contribution in [-0.4, -0.2) is 48.0 Å². The number of halogens is 2. The predicted octanol–water partition coefficient (Wildman–Crippen LogP) is 4.45. The van der Waals surface area contributed by atoms with E-state index in [9.17, 15) is 9.18 Å². The first-order valence-electron chi connectivity index (χ1n) is 10.5. The summed E-state index contributed by atoms with van der Waals surface area (Å²) in [5, 5.41) is 6.56. The van der Waals surface area contributed by atoms with Crippen molar-refractivity contribution >= 4 is 46.1 Å². The molecule has 3 aromatic rings. The zero-order valence-corrected chi connectivity index (χ0v) is 18.3. The fraction of sp³-hybridized carbons (Fsp3) is 0.348. The van der Waals surface area contributed by atoms with Gasteiger partial charge in [-0.25, -0.2) is 14.4 Å². The molecular weight excluding hydrogens is 433 g/mol. The number of amides is 1. The second kappa shape index (κ2) is 8.18. The molecule has 1 saturated heterocycles. The third-order valence-electron chi connectivity index (χ3n) is 6.51. The SMILES string of the molecule is CN1CCC2(CC2COc2cc3ncnc(Nc4ccc(F)c(Cl)c4)c3cc2NC=O)C1. The number of ether oxygens (including phenoxy) is 1. The summed E-state index contributed by atoms with van der Waals surface area (Å²) in [4.78, 5) is 22.3. The third kappa shape index (κ3) is 3.96. The Bertz CT molecular complexity index is 1190. The van der Waals surface area contributed by atoms with Crippen molar-refractivity contribution in [2.24, 2.45) is 11.3 Å². The highest BCUT2D eigenvalue weighted by molar-refractivity contribution is 6.31. The number of nitrogens with zero attached hydrogens (tertiary/aromatic N) is 3. The molecule has 1 spiro atoms. The molecule has 2 heterocycles. The average molecular weight is 456 g/mol. The van der Waals surface area contributed by atoms with Crippen LogP contribution in [0.4, 0.5) is 21.6 Å². The number of fused-ring (bicyclic) bond motifs is 1. The quantitative estimate of drug-likeness (QED) is 0.512. The van der Waals surface area contributed by atoms with E-state index in [-0.39, 0.29) is 5.02 Å². The summed E-state index contributed by atoms with van der Waals surface area (Å²) in [6.07, 6.45) is 4.45. The Kier molecular flexibility index (Phi) is 5.35. The van der Waals surface area contributed by atoms with Crippen LogP contribution >= 0.6 is 11.6 Å². The van der Waals surface area contributed by atoms with Crippen LogP contribution in [0, 0.1) is 17.2 Å². The topological polar surface area (TPSA) is 79.4 Å². The molecule has 1 amide bonds. The van der Waals surface area contributed by atoms with E-state index >= 15 is 0 Å². The molecule has 1 aliphatic heterocycles. The number of aromatic nitrogens is 2.